The molecule has 0 saturated heterocycles. The van der Waals surface area contributed by atoms with E-state index < -0.39 is 34.6 Å². The van der Waals surface area contributed by atoms with Crippen molar-refractivity contribution in [3.8, 4) is 0 Å². The molecule has 0 spiro atoms. The lowest BCUT2D eigenvalue weighted by Gasteiger charge is -2.09. The molecule has 2 aromatic rings. The van der Waals surface area contributed by atoms with Gasteiger partial charge in [-0.1, -0.05) is 6.07 Å². The minimum atomic E-state index is -1.75. The highest BCUT2D eigenvalue weighted by Gasteiger charge is 2.23. The van der Waals surface area contributed by atoms with Crippen molar-refractivity contribution in [2.75, 3.05) is 0 Å². The molecule has 0 saturated carbocycles. The molecule has 0 aliphatic rings. The predicted octanol–water partition coefficient (Wildman–Crippen LogP) is 4.09. The summed E-state index contributed by atoms with van der Waals surface area (Å²) in [4.78, 5) is 12.1. The molecule has 0 aliphatic heterocycles. The van der Waals surface area contributed by atoms with Gasteiger partial charge >= 0.3 is 0 Å². The molecule has 0 bridgehead atoms. The maximum atomic E-state index is 13.8. The van der Waals surface area contributed by atoms with Gasteiger partial charge in [0.15, 0.2) is 23.2 Å². The summed E-state index contributed by atoms with van der Waals surface area (Å²) in [7, 11) is 0. The van der Waals surface area contributed by atoms with Gasteiger partial charge < -0.3 is 0 Å². The molecule has 2 rings (SSSR count). The molecule has 0 atom stereocenters. The molecule has 1 nitrogen and oxygen atoms in total. The van der Waals surface area contributed by atoms with Crippen LogP contribution in [0.2, 0.25) is 0 Å². The number of ketones is 1. The maximum Gasteiger partial charge on any atom is 0.199 e. The second kappa shape index (κ2) is 5.07. The van der Waals surface area contributed by atoms with Crippen LogP contribution in [0.25, 0.3) is 0 Å². The van der Waals surface area contributed by atoms with Gasteiger partial charge in [-0.25, -0.2) is 17.6 Å². The van der Waals surface area contributed by atoms with Gasteiger partial charge in [-0.15, -0.1) is 0 Å². The first-order chi connectivity index (χ1) is 9.32. The minimum absolute atomic E-state index is 0.302. The van der Waals surface area contributed by atoms with Crippen LogP contribution in [0.4, 0.5) is 17.6 Å². The van der Waals surface area contributed by atoms with Gasteiger partial charge in [-0.05, 0) is 43.2 Å². The summed E-state index contributed by atoms with van der Waals surface area (Å²) < 4.78 is 53.4. The first-order valence-corrected chi connectivity index (χ1v) is 5.78. The zero-order chi connectivity index (χ0) is 15.0. The molecule has 0 heterocycles. The van der Waals surface area contributed by atoms with Crippen LogP contribution < -0.4 is 0 Å². The predicted molar refractivity (Wildman–Crippen MR) is 65.6 cm³/mol. The third kappa shape index (κ3) is 2.31. The summed E-state index contributed by atoms with van der Waals surface area (Å²) in [5, 5.41) is 0. The standard InChI is InChI=1S/C15H10F4O/c1-7-5-8(2)12(11(17)6-7)15(20)9-3-4-10(16)14(19)13(9)18/h3-6H,1-2H3. The third-order valence-corrected chi connectivity index (χ3v) is 2.94. The fourth-order valence-electron chi connectivity index (χ4n) is 2.04. The Balaban J connectivity index is 2.61. The second-order valence-electron chi connectivity index (χ2n) is 4.49. The van der Waals surface area contributed by atoms with E-state index >= 15 is 0 Å². The quantitative estimate of drug-likeness (QED) is 0.460. The van der Waals surface area contributed by atoms with Crippen molar-refractivity contribution in [1.29, 1.82) is 0 Å². The highest BCUT2D eigenvalue weighted by Crippen LogP contribution is 2.23. The first kappa shape index (κ1) is 14.2. The number of carbonyl (C=O) groups excluding carboxylic acids is 1. The third-order valence-electron chi connectivity index (χ3n) is 2.94. The largest absolute Gasteiger partial charge is 0.288 e. The molecule has 0 N–H and O–H groups in total. The molecule has 0 unspecified atom stereocenters. The van der Waals surface area contributed by atoms with Gasteiger partial charge in [0.1, 0.15) is 5.82 Å². The normalized spacial score (nSPS) is 10.7. The Morgan fingerprint density at radius 3 is 2.15 bits per heavy atom. The summed E-state index contributed by atoms with van der Waals surface area (Å²) in [6, 6.07) is 4.11. The van der Waals surface area contributed by atoms with Crippen LogP contribution in [0.15, 0.2) is 24.3 Å². The fourth-order valence-corrected chi connectivity index (χ4v) is 2.04. The Morgan fingerprint density at radius 2 is 1.55 bits per heavy atom. The lowest BCUT2D eigenvalue weighted by molar-refractivity contribution is 0.102. The van der Waals surface area contributed by atoms with Crippen molar-refractivity contribution < 1.29 is 22.4 Å². The number of aryl methyl sites for hydroxylation is 2. The van der Waals surface area contributed by atoms with Gasteiger partial charge in [0.25, 0.3) is 0 Å². The van der Waals surface area contributed by atoms with E-state index in [1.807, 2.05) is 0 Å². The zero-order valence-corrected chi connectivity index (χ0v) is 10.7. The topological polar surface area (TPSA) is 17.1 Å². The Labute approximate surface area is 112 Å². The molecule has 104 valence electrons. The lowest BCUT2D eigenvalue weighted by Crippen LogP contribution is -2.11. The highest BCUT2D eigenvalue weighted by molar-refractivity contribution is 6.10. The molecular weight excluding hydrogens is 272 g/mol. The van der Waals surface area contributed by atoms with Gasteiger partial charge in [-0.2, -0.15) is 0 Å². The van der Waals surface area contributed by atoms with Crippen molar-refractivity contribution in [3.63, 3.8) is 0 Å². The summed E-state index contributed by atoms with van der Waals surface area (Å²) >= 11 is 0. The SMILES string of the molecule is Cc1cc(C)c(C(=O)c2ccc(F)c(F)c2F)c(F)c1. The van der Waals surface area contributed by atoms with Crippen LogP contribution in [0, 0.1) is 37.1 Å². The Bertz CT molecular complexity index is 684. The molecule has 5 heteroatoms. The van der Waals surface area contributed by atoms with Crippen molar-refractivity contribution in [3.05, 3.63) is 69.8 Å². The van der Waals surface area contributed by atoms with E-state index in [0.717, 1.165) is 12.1 Å². The molecule has 0 amide bonds. The summed E-state index contributed by atoms with van der Waals surface area (Å²) in [6.07, 6.45) is 0. The smallest absolute Gasteiger partial charge is 0.199 e. The minimum Gasteiger partial charge on any atom is -0.288 e. The zero-order valence-electron chi connectivity index (χ0n) is 10.7. The summed E-state index contributed by atoms with van der Waals surface area (Å²) in [5.41, 5.74) is -0.144. The van der Waals surface area contributed by atoms with Crippen LogP contribution in [-0.2, 0) is 0 Å². The lowest BCUT2D eigenvalue weighted by atomic mass is 9.96. The number of carbonyl (C=O) groups is 1. The number of benzene rings is 2. The van der Waals surface area contributed by atoms with Crippen molar-refractivity contribution in [2.24, 2.45) is 0 Å². The summed E-state index contributed by atoms with van der Waals surface area (Å²) in [6.45, 7) is 3.13. The van der Waals surface area contributed by atoms with E-state index in [2.05, 4.69) is 0 Å². The van der Waals surface area contributed by atoms with Crippen LogP contribution in [0.1, 0.15) is 27.0 Å². The molecule has 0 fully saturated rings. The van der Waals surface area contributed by atoms with E-state index in [1.54, 1.807) is 13.0 Å². The molecule has 20 heavy (non-hydrogen) atoms. The molecule has 0 aromatic heterocycles. The Hall–Kier alpha value is -2.17. The number of hydrogen-bond donors (Lipinski definition) is 0. The van der Waals surface area contributed by atoms with E-state index in [4.69, 9.17) is 0 Å². The number of hydrogen-bond acceptors (Lipinski definition) is 1. The van der Waals surface area contributed by atoms with E-state index in [-0.39, 0.29) is 5.56 Å². The highest BCUT2D eigenvalue weighted by atomic mass is 19.2. The maximum absolute atomic E-state index is 13.8. The monoisotopic (exact) mass is 282 g/mol. The molecule has 0 radical (unpaired) electrons. The Morgan fingerprint density at radius 1 is 0.900 bits per heavy atom. The molecular formula is C15H10F4O. The fraction of sp³-hybridized carbons (Fsp3) is 0.133. The van der Waals surface area contributed by atoms with Crippen LogP contribution >= 0.6 is 0 Å². The van der Waals surface area contributed by atoms with Gasteiger partial charge in [-0.3, -0.25) is 4.79 Å². The number of rotatable bonds is 2. The van der Waals surface area contributed by atoms with Gasteiger partial charge in [0.05, 0.1) is 11.1 Å². The van der Waals surface area contributed by atoms with E-state index in [0.29, 0.717) is 17.2 Å². The van der Waals surface area contributed by atoms with Crippen LogP contribution in [-0.4, -0.2) is 5.78 Å². The van der Waals surface area contributed by atoms with Crippen LogP contribution in [0.5, 0.6) is 0 Å². The van der Waals surface area contributed by atoms with Gasteiger partial charge in [0, 0.05) is 0 Å². The van der Waals surface area contributed by atoms with Gasteiger partial charge in [0.2, 0.25) is 0 Å². The van der Waals surface area contributed by atoms with E-state index in [1.165, 1.54) is 6.92 Å². The van der Waals surface area contributed by atoms with Crippen molar-refractivity contribution >= 4 is 5.78 Å². The first-order valence-electron chi connectivity index (χ1n) is 5.78. The average molecular weight is 282 g/mol. The molecule has 0 aliphatic carbocycles. The van der Waals surface area contributed by atoms with Crippen molar-refractivity contribution in [1.82, 2.24) is 0 Å². The van der Waals surface area contributed by atoms with E-state index in [9.17, 15) is 22.4 Å². The van der Waals surface area contributed by atoms with Crippen molar-refractivity contribution in [2.45, 2.75) is 13.8 Å². The average Bonchev–Trinajstić information content (AvgIpc) is 2.34. The Kier molecular flexibility index (Phi) is 3.61. The number of halogens is 4. The second-order valence-corrected chi connectivity index (χ2v) is 4.49. The van der Waals surface area contributed by atoms with Crippen LogP contribution in [0.3, 0.4) is 0 Å². The summed E-state index contributed by atoms with van der Waals surface area (Å²) in [5.74, 6) is -6.61. The molecule has 2 aromatic carbocycles.